The average molecular weight is 493 g/mol. The van der Waals surface area contributed by atoms with Crippen molar-refractivity contribution in [2.75, 3.05) is 19.7 Å². The van der Waals surface area contributed by atoms with E-state index >= 15 is 0 Å². The molecule has 3 aromatic carbocycles. The number of carbonyl (C=O) groups excluding carboxylic acids is 1. The van der Waals surface area contributed by atoms with E-state index in [1.54, 1.807) is 12.1 Å². The molecule has 0 spiro atoms. The molecular formula is C29H33ClN2O3. The van der Waals surface area contributed by atoms with Crippen LogP contribution < -0.4 is 14.8 Å². The van der Waals surface area contributed by atoms with Crippen molar-refractivity contribution in [1.82, 2.24) is 10.2 Å². The minimum absolute atomic E-state index is 0.0274. The van der Waals surface area contributed by atoms with Gasteiger partial charge in [0.05, 0.1) is 6.04 Å². The molecule has 0 bridgehead atoms. The van der Waals surface area contributed by atoms with Gasteiger partial charge in [-0.15, -0.1) is 0 Å². The van der Waals surface area contributed by atoms with Crippen LogP contribution >= 0.6 is 11.6 Å². The number of hydrogen-bond donors (Lipinski definition) is 1. The van der Waals surface area contributed by atoms with Gasteiger partial charge in [-0.3, -0.25) is 9.69 Å². The van der Waals surface area contributed by atoms with Crippen LogP contribution in [0, 0.1) is 0 Å². The fraction of sp³-hybridized carbons (Fsp3) is 0.345. The van der Waals surface area contributed by atoms with E-state index in [-0.39, 0.29) is 11.9 Å². The highest BCUT2D eigenvalue weighted by Crippen LogP contribution is 2.26. The molecule has 184 valence electrons. The quantitative estimate of drug-likeness (QED) is 0.326. The summed E-state index contributed by atoms with van der Waals surface area (Å²) in [5.41, 5.74) is 1.13. The monoisotopic (exact) mass is 492 g/mol. The van der Waals surface area contributed by atoms with E-state index in [1.807, 2.05) is 73.7 Å². The van der Waals surface area contributed by atoms with Crippen LogP contribution in [0.25, 0.3) is 0 Å². The zero-order valence-electron chi connectivity index (χ0n) is 20.2. The van der Waals surface area contributed by atoms with Crippen LogP contribution in [0.5, 0.6) is 17.2 Å². The highest BCUT2D eigenvalue weighted by Gasteiger charge is 2.25. The molecule has 1 amide bonds. The zero-order chi connectivity index (χ0) is 24.5. The molecular weight excluding hydrogens is 460 g/mol. The Morgan fingerprint density at radius 3 is 2.37 bits per heavy atom. The Morgan fingerprint density at radius 1 is 1.00 bits per heavy atom. The lowest BCUT2D eigenvalue weighted by molar-refractivity contribution is -0.121. The van der Waals surface area contributed by atoms with Crippen molar-refractivity contribution in [2.45, 2.75) is 44.7 Å². The Hall–Kier alpha value is -3.02. The average Bonchev–Trinajstić information content (AvgIpc) is 3.33. The number of benzene rings is 3. The molecule has 0 saturated carbocycles. The summed E-state index contributed by atoms with van der Waals surface area (Å²) in [7, 11) is 0. The van der Waals surface area contributed by atoms with Crippen molar-refractivity contribution in [3.63, 3.8) is 0 Å². The summed E-state index contributed by atoms with van der Waals surface area (Å²) in [5, 5.41) is 3.79. The Labute approximate surface area is 213 Å². The molecule has 0 aliphatic carbocycles. The molecule has 1 saturated heterocycles. The van der Waals surface area contributed by atoms with Gasteiger partial charge in [0.25, 0.3) is 0 Å². The number of amides is 1. The van der Waals surface area contributed by atoms with E-state index in [9.17, 15) is 4.79 Å². The summed E-state index contributed by atoms with van der Waals surface area (Å²) in [4.78, 5) is 14.8. The van der Waals surface area contributed by atoms with E-state index in [1.165, 1.54) is 6.42 Å². The second-order valence-corrected chi connectivity index (χ2v) is 9.41. The minimum Gasteiger partial charge on any atom is -0.492 e. The molecule has 1 N–H and O–H groups in total. The number of nitrogens with zero attached hydrogens (tertiary/aromatic N) is 1. The van der Waals surface area contributed by atoms with Gasteiger partial charge in [0.15, 0.2) is 0 Å². The van der Waals surface area contributed by atoms with Crippen molar-refractivity contribution < 1.29 is 14.3 Å². The lowest BCUT2D eigenvalue weighted by Crippen LogP contribution is -2.35. The Morgan fingerprint density at radius 2 is 1.66 bits per heavy atom. The molecule has 1 fully saturated rings. The smallest absolute Gasteiger partial charge is 0.220 e. The SMILES string of the molecule is C[C@@H](NC(=O)CCCN1CCC[C@H]1COc1ccc(Oc2ccc(Cl)cc2)cc1)c1ccccc1. The molecule has 2 atom stereocenters. The summed E-state index contributed by atoms with van der Waals surface area (Å²) in [5.74, 6) is 2.43. The van der Waals surface area contributed by atoms with Crippen molar-refractivity contribution >= 4 is 17.5 Å². The second kappa shape index (κ2) is 12.6. The molecule has 4 rings (SSSR count). The van der Waals surface area contributed by atoms with Gasteiger partial charge in [-0.2, -0.15) is 0 Å². The van der Waals surface area contributed by atoms with Crippen LogP contribution in [0.3, 0.4) is 0 Å². The molecule has 1 aliphatic heterocycles. The molecule has 3 aromatic rings. The van der Waals surface area contributed by atoms with E-state index in [4.69, 9.17) is 21.1 Å². The minimum atomic E-state index is 0.0274. The Bertz CT molecular complexity index is 1060. The first-order valence-electron chi connectivity index (χ1n) is 12.3. The fourth-order valence-corrected chi connectivity index (χ4v) is 4.52. The van der Waals surface area contributed by atoms with E-state index < -0.39 is 0 Å². The maximum absolute atomic E-state index is 12.4. The number of carbonyl (C=O) groups is 1. The first kappa shape index (κ1) is 25.1. The molecule has 5 nitrogen and oxygen atoms in total. The van der Waals surface area contributed by atoms with Crippen LogP contribution in [0.2, 0.25) is 5.02 Å². The lowest BCUT2D eigenvalue weighted by atomic mass is 10.1. The molecule has 0 aromatic heterocycles. The lowest BCUT2D eigenvalue weighted by Gasteiger charge is -2.24. The maximum Gasteiger partial charge on any atom is 0.220 e. The molecule has 35 heavy (non-hydrogen) atoms. The van der Waals surface area contributed by atoms with Gasteiger partial charge in [-0.25, -0.2) is 0 Å². The second-order valence-electron chi connectivity index (χ2n) is 8.97. The van der Waals surface area contributed by atoms with Crippen LogP contribution in [-0.4, -0.2) is 36.5 Å². The summed E-state index contributed by atoms with van der Waals surface area (Å²) in [6.45, 7) is 4.64. The van der Waals surface area contributed by atoms with Gasteiger partial charge >= 0.3 is 0 Å². The summed E-state index contributed by atoms with van der Waals surface area (Å²) < 4.78 is 11.9. The third-order valence-corrected chi connectivity index (χ3v) is 6.59. The molecule has 0 unspecified atom stereocenters. The van der Waals surface area contributed by atoms with Crippen LogP contribution in [0.4, 0.5) is 0 Å². The van der Waals surface area contributed by atoms with Gasteiger partial charge in [-0.1, -0.05) is 41.9 Å². The van der Waals surface area contributed by atoms with Crippen molar-refractivity contribution in [3.8, 4) is 17.2 Å². The normalized spacial score (nSPS) is 16.6. The first-order valence-corrected chi connectivity index (χ1v) is 12.7. The highest BCUT2D eigenvalue weighted by atomic mass is 35.5. The topological polar surface area (TPSA) is 50.8 Å². The molecule has 1 heterocycles. The number of likely N-dealkylation sites (tertiary alicyclic amines) is 1. The molecule has 6 heteroatoms. The Balaban J connectivity index is 1.17. The maximum atomic E-state index is 12.4. The van der Waals surface area contributed by atoms with E-state index in [0.717, 1.165) is 48.7 Å². The van der Waals surface area contributed by atoms with Gasteiger partial charge in [-0.05, 0) is 93.4 Å². The summed E-state index contributed by atoms with van der Waals surface area (Å²) in [6.07, 6.45) is 3.67. The zero-order valence-corrected chi connectivity index (χ0v) is 20.9. The number of hydrogen-bond acceptors (Lipinski definition) is 4. The van der Waals surface area contributed by atoms with Gasteiger partial charge in [0.1, 0.15) is 23.9 Å². The van der Waals surface area contributed by atoms with Gasteiger partial charge < -0.3 is 14.8 Å². The third-order valence-electron chi connectivity index (χ3n) is 6.34. The first-order chi connectivity index (χ1) is 17.1. The van der Waals surface area contributed by atoms with E-state index in [0.29, 0.717) is 24.1 Å². The number of nitrogens with one attached hydrogen (secondary N) is 1. The van der Waals surface area contributed by atoms with Gasteiger partial charge in [0, 0.05) is 17.5 Å². The Kier molecular flexibility index (Phi) is 9.04. The summed E-state index contributed by atoms with van der Waals surface area (Å²) in [6, 6.07) is 25.4. The van der Waals surface area contributed by atoms with Crippen LogP contribution in [0.15, 0.2) is 78.9 Å². The van der Waals surface area contributed by atoms with Crippen LogP contribution in [0.1, 0.15) is 44.2 Å². The molecule has 0 radical (unpaired) electrons. The standard InChI is InChI=1S/C29H33ClN2O3/c1-22(23-7-3-2-4-8-23)31-29(33)10-6-20-32-19-5-9-25(32)21-34-26-15-17-28(18-16-26)35-27-13-11-24(30)12-14-27/h2-4,7-8,11-18,22,25H,5-6,9-10,19-21H2,1H3,(H,31,33)/t22-,25+/m1/s1. The summed E-state index contributed by atoms with van der Waals surface area (Å²) >= 11 is 5.92. The van der Waals surface area contributed by atoms with Crippen molar-refractivity contribution in [1.29, 1.82) is 0 Å². The van der Waals surface area contributed by atoms with Gasteiger partial charge in [0.2, 0.25) is 5.91 Å². The van der Waals surface area contributed by atoms with E-state index in [2.05, 4.69) is 10.2 Å². The highest BCUT2D eigenvalue weighted by molar-refractivity contribution is 6.30. The predicted octanol–water partition coefficient (Wildman–Crippen LogP) is 6.63. The number of rotatable bonds is 11. The largest absolute Gasteiger partial charge is 0.492 e. The number of halogens is 1. The van der Waals surface area contributed by atoms with Crippen molar-refractivity contribution in [2.24, 2.45) is 0 Å². The number of ether oxygens (including phenoxy) is 2. The molecule has 1 aliphatic rings. The predicted molar refractivity (Wildman–Crippen MR) is 140 cm³/mol. The van der Waals surface area contributed by atoms with Crippen LogP contribution in [-0.2, 0) is 4.79 Å². The fourth-order valence-electron chi connectivity index (χ4n) is 4.39. The van der Waals surface area contributed by atoms with Crippen molar-refractivity contribution in [3.05, 3.63) is 89.4 Å². The third kappa shape index (κ3) is 7.74.